The maximum atomic E-state index is 12.8. The predicted octanol–water partition coefficient (Wildman–Crippen LogP) is 1.20. The average molecular weight is 299 g/mol. The van der Waals surface area contributed by atoms with Crippen molar-refractivity contribution >= 4 is 18.0 Å². The summed E-state index contributed by atoms with van der Waals surface area (Å²) in [5, 5.41) is 9.74. The molecular weight excluding hydrogens is 276 g/mol. The van der Waals surface area contributed by atoms with Crippen molar-refractivity contribution in [3.05, 3.63) is 11.8 Å². The Balaban J connectivity index is 3.58. The van der Waals surface area contributed by atoms with Gasteiger partial charge in [0.25, 0.3) is 0 Å². The molecule has 7 nitrogen and oxygen atoms in total. The number of ether oxygens (including phenoxy) is 1. The Morgan fingerprint density at radius 1 is 1.38 bits per heavy atom. The predicted molar refractivity (Wildman–Crippen MR) is 75.2 cm³/mol. The summed E-state index contributed by atoms with van der Waals surface area (Å²) in [6.07, 6.45) is 0.269. The number of hydrogen-bond donors (Lipinski definition) is 1. The van der Waals surface area contributed by atoms with Crippen LogP contribution in [0.1, 0.15) is 27.2 Å². The summed E-state index contributed by atoms with van der Waals surface area (Å²) in [6, 6.07) is -1.08. The summed E-state index contributed by atoms with van der Waals surface area (Å²) >= 11 is 0. The Morgan fingerprint density at radius 3 is 2.24 bits per heavy atom. The molecule has 1 unspecified atom stereocenters. The Hall–Kier alpha value is -1.89. The zero-order chi connectivity index (χ0) is 16.6. The number of imide groups is 1. The zero-order valence-corrected chi connectivity index (χ0v) is 13.3. The highest BCUT2D eigenvalue weighted by molar-refractivity contribution is 6.00. The molecule has 0 aliphatic carbocycles. The van der Waals surface area contributed by atoms with Gasteiger partial charge in [-0.3, -0.25) is 0 Å². The molecule has 0 aromatic rings. The summed E-state index contributed by atoms with van der Waals surface area (Å²) in [4.78, 5) is 38.4. The molecule has 1 heterocycles. The number of likely N-dealkylation sites (tertiary alicyclic amines) is 1. The van der Waals surface area contributed by atoms with E-state index < -0.39 is 34.0 Å². The number of esters is 1. The van der Waals surface area contributed by atoms with Gasteiger partial charge >= 0.3 is 18.0 Å². The van der Waals surface area contributed by atoms with Crippen molar-refractivity contribution in [3.8, 4) is 0 Å². The summed E-state index contributed by atoms with van der Waals surface area (Å²) in [5.74, 6) is -1.26. The van der Waals surface area contributed by atoms with Crippen molar-refractivity contribution in [2.45, 2.75) is 38.8 Å². The van der Waals surface area contributed by atoms with Crippen LogP contribution in [0.25, 0.3) is 0 Å². The summed E-state index contributed by atoms with van der Waals surface area (Å²) in [6.45, 7) is 4.90. The Bertz CT molecular complexity index is 504. The van der Waals surface area contributed by atoms with Crippen LogP contribution < -0.4 is 0 Å². The van der Waals surface area contributed by atoms with E-state index in [1.165, 1.54) is 7.11 Å². The lowest BCUT2D eigenvalue weighted by Gasteiger charge is -2.40. The first-order valence-electron chi connectivity index (χ1n) is 6.62. The second kappa shape index (κ2) is 5.48. The lowest BCUT2D eigenvalue weighted by atomic mass is 9.99. The van der Waals surface area contributed by atoms with Crippen molar-refractivity contribution in [3.63, 3.8) is 0 Å². The molecule has 0 radical (unpaired) electrons. The number of quaternary nitrogens is 1. The Labute approximate surface area is 124 Å². The van der Waals surface area contributed by atoms with Gasteiger partial charge in [-0.2, -0.15) is 4.79 Å². The molecule has 0 saturated carbocycles. The molecule has 1 fully saturated rings. The molecule has 0 bridgehead atoms. The molecule has 1 aliphatic rings. The third-order valence-electron chi connectivity index (χ3n) is 3.72. The standard InChI is InChI=1S/C14H22N2O5/c1-14(2,3)16(13(19)20)10(12(18)21-6)7-9(11(16)17)8-15(4)5/h8,10H,7H2,1-6H3/p+1/t10-,16?/m0/s1. The number of rotatable bonds is 2. The minimum Gasteiger partial charge on any atom is -0.465 e. The number of carboxylic acid groups (broad SMARTS) is 1. The smallest absolute Gasteiger partial charge is 0.465 e. The number of hydrogen-bond acceptors (Lipinski definition) is 5. The molecule has 1 aliphatic heterocycles. The maximum Gasteiger partial charge on any atom is 0.522 e. The normalized spacial score (nSPS) is 27.8. The van der Waals surface area contributed by atoms with E-state index in [0.717, 1.165) is 0 Å². The molecule has 0 spiro atoms. The highest BCUT2D eigenvalue weighted by atomic mass is 16.5. The van der Waals surface area contributed by atoms with Crippen LogP contribution in [0.2, 0.25) is 0 Å². The maximum absolute atomic E-state index is 12.8. The van der Waals surface area contributed by atoms with Crippen molar-refractivity contribution in [2.24, 2.45) is 0 Å². The molecule has 0 aromatic carbocycles. The van der Waals surface area contributed by atoms with Crippen molar-refractivity contribution in [1.82, 2.24) is 4.90 Å². The van der Waals surface area contributed by atoms with Crippen LogP contribution in [0.4, 0.5) is 4.79 Å². The van der Waals surface area contributed by atoms with Gasteiger partial charge in [-0.05, 0) is 20.8 Å². The molecular formula is C14H23N2O5+. The van der Waals surface area contributed by atoms with E-state index in [2.05, 4.69) is 0 Å². The molecule has 2 atom stereocenters. The van der Waals surface area contributed by atoms with Crippen LogP contribution in [-0.2, 0) is 14.3 Å². The quantitative estimate of drug-likeness (QED) is 0.468. The van der Waals surface area contributed by atoms with E-state index >= 15 is 0 Å². The molecule has 2 amide bonds. The summed E-state index contributed by atoms with van der Waals surface area (Å²) in [7, 11) is 4.66. The Morgan fingerprint density at radius 2 is 1.90 bits per heavy atom. The minimum absolute atomic E-state index is 0.0489. The lowest BCUT2D eigenvalue weighted by Crippen LogP contribution is -2.69. The molecule has 0 aromatic heterocycles. The fourth-order valence-electron chi connectivity index (χ4n) is 2.88. The third-order valence-corrected chi connectivity index (χ3v) is 3.72. The minimum atomic E-state index is -1.34. The second-order valence-electron chi connectivity index (χ2n) is 6.34. The van der Waals surface area contributed by atoms with Gasteiger partial charge in [-0.25, -0.2) is 9.59 Å². The van der Waals surface area contributed by atoms with Crippen LogP contribution in [0.3, 0.4) is 0 Å². The first kappa shape index (κ1) is 17.2. The highest BCUT2D eigenvalue weighted by Crippen LogP contribution is 2.41. The number of carbonyl (C=O) groups excluding carboxylic acids is 2. The molecule has 21 heavy (non-hydrogen) atoms. The molecule has 1 rings (SSSR count). The molecule has 1 saturated heterocycles. The van der Waals surface area contributed by atoms with Gasteiger partial charge in [0, 0.05) is 26.7 Å². The van der Waals surface area contributed by atoms with E-state index in [4.69, 9.17) is 4.74 Å². The van der Waals surface area contributed by atoms with Gasteiger partial charge in [0.05, 0.1) is 12.7 Å². The van der Waals surface area contributed by atoms with E-state index in [1.54, 1.807) is 46.0 Å². The fourth-order valence-corrected chi connectivity index (χ4v) is 2.88. The van der Waals surface area contributed by atoms with Gasteiger partial charge in [0.1, 0.15) is 5.54 Å². The van der Waals surface area contributed by atoms with Crippen molar-refractivity contribution < 1.29 is 28.7 Å². The molecule has 7 heteroatoms. The van der Waals surface area contributed by atoms with Gasteiger partial charge in [0.15, 0.2) is 0 Å². The highest BCUT2D eigenvalue weighted by Gasteiger charge is 2.67. The van der Waals surface area contributed by atoms with Crippen LogP contribution in [-0.4, -0.2) is 65.2 Å². The van der Waals surface area contributed by atoms with E-state index in [9.17, 15) is 19.5 Å². The number of nitrogens with zero attached hydrogens (tertiary/aromatic N) is 2. The van der Waals surface area contributed by atoms with E-state index in [0.29, 0.717) is 5.57 Å². The number of methoxy groups -OCH3 is 1. The first-order chi connectivity index (χ1) is 9.50. The van der Waals surface area contributed by atoms with E-state index in [1.807, 2.05) is 0 Å². The van der Waals surface area contributed by atoms with Gasteiger partial charge in [-0.1, -0.05) is 0 Å². The summed E-state index contributed by atoms with van der Waals surface area (Å²) in [5.41, 5.74) is -0.670. The zero-order valence-electron chi connectivity index (χ0n) is 13.3. The fraction of sp³-hybridized carbons (Fsp3) is 0.643. The van der Waals surface area contributed by atoms with Crippen molar-refractivity contribution in [1.29, 1.82) is 0 Å². The van der Waals surface area contributed by atoms with Gasteiger partial charge < -0.3 is 14.7 Å². The SMILES string of the molecule is COC(=O)[C@@H]1CC(=CN(C)C)C(=O)[N+]1(C(=O)O)C(C)(C)C. The van der Waals surface area contributed by atoms with Gasteiger partial charge in [0.2, 0.25) is 6.04 Å². The monoisotopic (exact) mass is 299 g/mol. The lowest BCUT2D eigenvalue weighted by molar-refractivity contribution is -0.839. The van der Waals surface area contributed by atoms with Crippen molar-refractivity contribution in [2.75, 3.05) is 21.2 Å². The largest absolute Gasteiger partial charge is 0.522 e. The van der Waals surface area contributed by atoms with Crippen LogP contribution in [0.5, 0.6) is 0 Å². The van der Waals surface area contributed by atoms with Gasteiger partial charge in [-0.15, -0.1) is 4.48 Å². The molecule has 118 valence electrons. The van der Waals surface area contributed by atoms with E-state index in [-0.39, 0.29) is 6.42 Å². The number of amides is 2. The van der Waals surface area contributed by atoms with Crippen LogP contribution >= 0.6 is 0 Å². The average Bonchev–Trinajstić information content (AvgIpc) is 2.61. The molecule has 1 N–H and O–H groups in total. The second-order valence-corrected chi connectivity index (χ2v) is 6.34. The van der Waals surface area contributed by atoms with Crippen LogP contribution in [0.15, 0.2) is 11.8 Å². The van der Waals surface area contributed by atoms with Crippen LogP contribution in [0, 0.1) is 0 Å². The topological polar surface area (TPSA) is 83.9 Å². The first-order valence-corrected chi connectivity index (χ1v) is 6.62. The third kappa shape index (κ3) is 2.53. The summed E-state index contributed by atoms with van der Waals surface area (Å²) < 4.78 is 3.75. The number of carbonyl (C=O) groups is 3. The Kier molecular flexibility index (Phi) is 4.48.